The first-order valence-electron chi connectivity index (χ1n) is 4.60. The van der Waals surface area contributed by atoms with Crippen LogP contribution in [-0.2, 0) is 9.84 Å². The molecule has 1 fully saturated rings. The van der Waals surface area contributed by atoms with Crippen molar-refractivity contribution in [3.63, 3.8) is 0 Å². The lowest BCUT2D eigenvalue weighted by Gasteiger charge is -2.21. The molecular formula is C8H15F2NO2S. The molecule has 0 saturated carbocycles. The van der Waals surface area contributed by atoms with Gasteiger partial charge in [0.15, 0.2) is 9.84 Å². The summed E-state index contributed by atoms with van der Waals surface area (Å²) >= 11 is 0. The van der Waals surface area contributed by atoms with E-state index in [1.54, 1.807) is 7.05 Å². The molecule has 0 radical (unpaired) electrons. The highest BCUT2D eigenvalue weighted by atomic mass is 32.2. The second kappa shape index (κ2) is 4.10. The maximum Gasteiger partial charge on any atom is 0.253 e. The second-order valence-electron chi connectivity index (χ2n) is 3.71. The van der Waals surface area contributed by atoms with Crippen LogP contribution in [0.4, 0.5) is 8.78 Å². The Bertz CT molecular complexity index is 290. The van der Waals surface area contributed by atoms with Gasteiger partial charge in [-0.05, 0) is 13.5 Å². The standard InChI is InChI=1S/C8H15F2NO2S/c1-11-4-3-8(9,10)7-2-5-14(12,13)6-7/h7,11H,2-6H2,1H3. The van der Waals surface area contributed by atoms with E-state index in [-0.39, 0.29) is 30.9 Å². The van der Waals surface area contributed by atoms with Crippen LogP contribution in [0.1, 0.15) is 12.8 Å². The monoisotopic (exact) mass is 227 g/mol. The Morgan fingerprint density at radius 1 is 1.50 bits per heavy atom. The van der Waals surface area contributed by atoms with Crippen molar-refractivity contribution < 1.29 is 17.2 Å². The molecule has 1 N–H and O–H groups in total. The molecule has 1 saturated heterocycles. The quantitative estimate of drug-likeness (QED) is 0.767. The Hall–Kier alpha value is -0.230. The van der Waals surface area contributed by atoms with Gasteiger partial charge in [0.05, 0.1) is 11.5 Å². The number of hydrogen-bond acceptors (Lipinski definition) is 3. The molecular weight excluding hydrogens is 212 g/mol. The molecule has 14 heavy (non-hydrogen) atoms. The molecule has 3 nitrogen and oxygen atoms in total. The Morgan fingerprint density at radius 3 is 2.57 bits per heavy atom. The molecule has 1 atom stereocenters. The van der Waals surface area contributed by atoms with Crippen LogP contribution < -0.4 is 5.32 Å². The SMILES string of the molecule is CNCCC(F)(F)C1CCS(=O)(=O)C1. The van der Waals surface area contributed by atoms with E-state index in [4.69, 9.17) is 0 Å². The van der Waals surface area contributed by atoms with E-state index in [0.717, 1.165) is 0 Å². The fourth-order valence-corrected chi connectivity index (χ4v) is 3.46. The van der Waals surface area contributed by atoms with Crippen molar-refractivity contribution in [1.29, 1.82) is 0 Å². The van der Waals surface area contributed by atoms with E-state index < -0.39 is 21.7 Å². The number of rotatable bonds is 4. The van der Waals surface area contributed by atoms with Gasteiger partial charge in [0.25, 0.3) is 5.92 Å². The minimum absolute atomic E-state index is 0.0905. The number of halogens is 2. The Balaban J connectivity index is 2.57. The van der Waals surface area contributed by atoms with Crippen LogP contribution in [0.5, 0.6) is 0 Å². The molecule has 0 aliphatic carbocycles. The van der Waals surface area contributed by atoms with Gasteiger partial charge in [0, 0.05) is 18.9 Å². The Kier molecular flexibility index (Phi) is 3.47. The summed E-state index contributed by atoms with van der Waals surface area (Å²) in [6, 6.07) is 0. The maximum atomic E-state index is 13.4. The zero-order valence-corrected chi connectivity index (χ0v) is 8.91. The highest BCUT2D eigenvalue weighted by Gasteiger charge is 2.45. The van der Waals surface area contributed by atoms with E-state index in [9.17, 15) is 17.2 Å². The van der Waals surface area contributed by atoms with Crippen molar-refractivity contribution in [3.8, 4) is 0 Å². The molecule has 0 aromatic rings. The predicted octanol–water partition coefficient (Wildman–Crippen LogP) is 0.666. The number of alkyl halides is 2. The fourth-order valence-electron chi connectivity index (χ4n) is 1.62. The van der Waals surface area contributed by atoms with Crippen LogP contribution in [0, 0.1) is 5.92 Å². The zero-order valence-electron chi connectivity index (χ0n) is 8.09. The highest BCUT2D eigenvalue weighted by Crippen LogP contribution is 2.35. The summed E-state index contributed by atoms with van der Waals surface area (Å²) in [4.78, 5) is 0. The van der Waals surface area contributed by atoms with Crippen LogP contribution in [0.15, 0.2) is 0 Å². The molecule has 0 amide bonds. The van der Waals surface area contributed by atoms with E-state index in [0.29, 0.717) is 0 Å². The van der Waals surface area contributed by atoms with Gasteiger partial charge in [0.1, 0.15) is 0 Å². The Morgan fingerprint density at radius 2 is 2.14 bits per heavy atom. The van der Waals surface area contributed by atoms with Crippen molar-refractivity contribution in [1.82, 2.24) is 5.32 Å². The number of sulfone groups is 1. The number of hydrogen-bond donors (Lipinski definition) is 1. The first-order valence-corrected chi connectivity index (χ1v) is 6.42. The summed E-state index contributed by atoms with van der Waals surface area (Å²) in [5.74, 6) is -4.29. The summed E-state index contributed by atoms with van der Waals surface area (Å²) in [7, 11) is -1.61. The molecule has 0 bridgehead atoms. The summed E-state index contributed by atoms with van der Waals surface area (Å²) < 4.78 is 48.7. The van der Waals surface area contributed by atoms with E-state index in [2.05, 4.69) is 5.32 Å². The van der Waals surface area contributed by atoms with Crippen LogP contribution in [-0.4, -0.2) is 39.4 Å². The van der Waals surface area contributed by atoms with Crippen LogP contribution in [0.3, 0.4) is 0 Å². The van der Waals surface area contributed by atoms with Gasteiger partial charge in [0.2, 0.25) is 0 Å². The van der Waals surface area contributed by atoms with Gasteiger partial charge in [-0.25, -0.2) is 17.2 Å². The smallest absolute Gasteiger partial charge is 0.253 e. The van der Waals surface area contributed by atoms with Gasteiger partial charge in [-0.15, -0.1) is 0 Å². The van der Waals surface area contributed by atoms with Crippen molar-refractivity contribution in [3.05, 3.63) is 0 Å². The summed E-state index contributed by atoms with van der Waals surface area (Å²) in [6.45, 7) is 0.212. The minimum Gasteiger partial charge on any atom is -0.320 e. The van der Waals surface area contributed by atoms with Crippen molar-refractivity contribution >= 4 is 9.84 Å². The van der Waals surface area contributed by atoms with Gasteiger partial charge < -0.3 is 5.32 Å². The zero-order chi connectivity index (χ0) is 10.8. The third-order valence-electron chi connectivity index (χ3n) is 2.54. The lowest BCUT2D eigenvalue weighted by Crippen LogP contribution is -2.32. The Labute approximate surface area is 82.8 Å². The lowest BCUT2D eigenvalue weighted by atomic mass is 9.98. The predicted molar refractivity (Wildman–Crippen MR) is 50.3 cm³/mol. The van der Waals surface area contributed by atoms with Gasteiger partial charge >= 0.3 is 0 Å². The minimum atomic E-state index is -3.20. The molecule has 1 aliphatic rings. The second-order valence-corrected chi connectivity index (χ2v) is 5.94. The van der Waals surface area contributed by atoms with Crippen molar-refractivity contribution in [2.75, 3.05) is 25.1 Å². The molecule has 0 spiro atoms. The van der Waals surface area contributed by atoms with E-state index in [1.807, 2.05) is 0 Å². The summed E-state index contributed by atoms with van der Waals surface area (Å²) in [5, 5.41) is 2.64. The maximum absolute atomic E-state index is 13.4. The lowest BCUT2D eigenvalue weighted by molar-refractivity contribution is -0.0549. The first-order chi connectivity index (χ1) is 6.37. The van der Waals surface area contributed by atoms with Crippen LogP contribution in [0.25, 0.3) is 0 Å². The summed E-state index contributed by atoms with van der Waals surface area (Å²) in [6.07, 6.45) is -0.192. The first kappa shape index (κ1) is 11.8. The highest BCUT2D eigenvalue weighted by molar-refractivity contribution is 7.91. The largest absolute Gasteiger partial charge is 0.320 e. The number of nitrogens with one attached hydrogen (secondary N) is 1. The average molecular weight is 227 g/mol. The molecule has 1 aliphatic heterocycles. The fraction of sp³-hybridized carbons (Fsp3) is 1.00. The van der Waals surface area contributed by atoms with Gasteiger partial charge in [-0.1, -0.05) is 0 Å². The third kappa shape index (κ3) is 2.88. The topological polar surface area (TPSA) is 46.2 Å². The molecule has 84 valence electrons. The van der Waals surface area contributed by atoms with Crippen molar-refractivity contribution in [2.45, 2.75) is 18.8 Å². The van der Waals surface area contributed by atoms with Crippen molar-refractivity contribution in [2.24, 2.45) is 5.92 Å². The third-order valence-corrected chi connectivity index (χ3v) is 4.31. The van der Waals surface area contributed by atoms with Crippen LogP contribution >= 0.6 is 0 Å². The molecule has 1 unspecified atom stereocenters. The molecule has 0 aromatic heterocycles. The normalized spacial score (nSPS) is 26.6. The average Bonchev–Trinajstić information content (AvgIpc) is 2.43. The molecule has 1 rings (SSSR count). The summed E-state index contributed by atoms with van der Waals surface area (Å²) in [5.41, 5.74) is 0. The molecule has 6 heteroatoms. The van der Waals surface area contributed by atoms with Gasteiger partial charge in [-0.2, -0.15) is 0 Å². The molecule has 0 aromatic carbocycles. The van der Waals surface area contributed by atoms with Crippen LogP contribution in [0.2, 0.25) is 0 Å². The molecule has 1 heterocycles. The van der Waals surface area contributed by atoms with E-state index >= 15 is 0 Å². The van der Waals surface area contributed by atoms with E-state index in [1.165, 1.54) is 0 Å². The van der Waals surface area contributed by atoms with Gasteiger partial charge in [-0.3, -0.25) is 0 Å².